The molecule has 0 saturated carbocycles. The fourth-order valence-electron chi connectivity index (χ4n) is 4.04. The van der Waals surface area contributed by atoms with Crippen LogP contribution in [0.4, 0.5) is 0 Å². The van der Waals surface area contributed by atoms with Gasteiger partial charge in [-0.25, -0.2) is 5.43 Å². The summed E-state index contributed by atoms with van der Waals surface area (Å²) in [4.78, 5) is 12.6. The minimum Gasteiger partial charge on any atom is -0.493 e. The van der Waals surface area contributed by atoms with Crippen molar-refractivity contribution in [2.24, 2.45) is 5.10 Å². The van der Waals surface area contributed by atoms with Gasteiger partial charge in [0.15, 0.2) is 22.5 Å². The largest absolute Gasteiger partial charge is 0.493 e. The van der Waals surface area contributed by atoms with Crippen LogP contribution in [0.1, 0.15) is 16.7 Å². The van der Waals surface area contributed by atoms with Crippen LogP contribution in [0.2, 0.25) is 5.02 Å². The monoisotopic (exact) mass is 597 g/mol. The van der Waals surface area contributed by atoms with Crippen LogP contribution < -0.4 is 14.9 Å². The van der Waals surface area contributed by atoms with Crippen molar-refractivity contribution in [2.45, 2.75) is 18.7 Å². The lowest BCUT2D eigenvalue weighted by atomic mass is 10.2. The lowest BCUT2D eigenvalue weighted by molar-refractivity contribution is -0.118. The molecule has 0 aliphatic heterocycles. The van der Waals surface area contributed by atoms with Gasteiger partial charge in [-0.1, -0.05) is 71.4 Å². The normalized spacial score (nSPS) is 11.0. The summed E-state index contributed by atoms with van der Waals surface area (Å²) >= 11 is 7.36. The van der Waals surface area contributed by atoms with Gasteiger partial charge in [-0.15, -0.1) is 10.2 Å². The third kappa shape index (κ3) is 7.37. The first-order chi connectivity index (χ1) is 20.5. The molecular formula is C32H28ClN5O3S. The second-order valence-corrected chi connectivity index (χ2v) is 10.6. The molecule has 1 N–H and O–H groups in total. The Bertz CT molecular complexity index is 1670. The number of amides is 1. The molecule has 0 aliphatic rings. The second-order valence-electron chi connectivity index (χ2n) is 9.25. The lowest BCUT2D eigenvalue weighted by Crippen LogP contribution is -2.20. The number of carbonyl (C=O) groups is 1. The molecule has 0 atom stereocenters. The van der Waals surface area contributed by atoms with Crippen LogP contribution in [0.15, 0.2) is 107 Å². The lowest BCUT2D eigenvalue weighted by Gasteiger charge is -2.11. The maximum atomic E-state index is 12.6. The highest BCUT2D eigenvalue weighted by Gasteiger charge is 2.17. The summed E-state index contributed by atoms with van der Waals surface area (Å²) in [5, 5.41) is 14.1. The van der Waals surface area contributed by atoms with Crippen molar-refractivity contribution >= 4 is 35.5 Å². The van der Waals surface area contributed by atoms with Crippen molar-refractivity contribution in [3.63, 3.8) is 0 Å². The van der Waals surface area contributed by atoms with Crippen LogP contribution in [-0.4, -0.2) is 39.7 Å². The van der Waals surface area contributed by atoms with E-state index in [4.69, 9.17) is 21.1 Å². The first-order valence-corrected chi connectivity index (χ1v) is 14.4. The Morgan fingerprint density at radius 2 is 1.74 bits per heavy atom. The number of thioether (sulfide) groups is 1. The molecule has 5 aromatic rings. The molecule has 42 heavy (non-hydrogen) atoms. The van der Waals surface area contributed by atoms with E-state index in [0.717, 1.165) is 27.9 Å². The smallest absolute Gasteiger partial charge is 0.250 e. The number of hydrogen-bond acceptors (Lipinski definition) is 7. The molecular weight excluding hydrogens is 570 g/mol. The van der Waals surface area contributed by atoms with E-state index in [2.05, 4.69) is 20.7 Å². The van der Waals surface area contributed by atoms with Gasteiger partial charge in [0, 0.05) is 16.3 Å². The molecule has 0 saturated heterocycles. The van der Waals surface area contributed by atoms with E-state index in [1.165, 1.54) is 11.8 Å². The molecule has 0 spiro atoms. The fourth-order valence-corrected chi connectivity index (χ4v) is 4.91. The predicted molar refractivity (Wildman–Crippen MR) is 167 cm³/mol. The molecule has 4 aromatic carbocycles. The van der Waals surface area contributed by atoms with E-state index < -0.39 is 0 Å². The first-order valence-electron chi connectivity index (χ1n) is 13.1. The zero-order valence-electron chi connectivity index (χ0n) is 23.0. The minimum absolute atomic E-state index is 0.0948. The van der Waals surface area contributed by atoms with Gasteiger partial charge in [-0.2, -0.15) is 5.10 Å². The summed E-state index contributed by atoms with van der Waals surface area (Å²) in [7, 11) is 1.58. The van der Waals surface area contributed by atoms with E-state index in [1.807, 2.05) is 102 Å². The minimum atomic E-state index is -0.280. The van der Waals surface area contributed by atoms with Crippen molar-refractivity contribution in [1.82, 2.24) is 20.2 Å². The van der Waals surface area contributed by atoms with E-state index in [-0.39, 0.29) is 11.7 Å². The van der Waals surface area contributed by atoms with Crippen LogP contribution in [0, 0.1) is 6.92 Å². The summed E-state index contributed by atoms with van der Waals surface area (Å²) in [6.07, 6.45) is 1.56. The Morgan fingerprint density at radius 3 is 2.48 bits per heavy atom. The number of benzene rings is 4. The number of hydrazone groups is 1. The highest BCUT2D eigenvalue weighted by molar-refractivity contribution is 7.99. The molecule has 5 rings (SSSR count). The van der Waals surface area contributed by atoms with Crippen molar-refractivity contribution in [3.05, 3.63) is 119 Å². The number of methoxy groups -OCH3 is 1. The summed E-state index contributed by atoms with van der Waals surface area (Å²) < 4.78 is 13.3. The number of nitrogens with zero attached hydrogens (tertiary/aromatic N) is 4. The standard InChI is InChI=1S/C32H28ClN5O3S/c1-22-8-15-27(16-9-22)38-31(25-11-13-26(33)14-12-25)36-37-32(38)42-21-30(39)35-34-19-24-10-17-28(29(18-24)40-2)41-20-23-6-4-3-5-7-23/h3-19H,20-21H2,1-2H3,(H,35,39)/b34-19+. The molecule has 0 fully saturated rings. The fraction of sp³-hybridized carbons (Fsp3) is 0.125. The topological polar surface area (TPSA) is 90.6 Å². The van der Waals surface area contributed by atoms with Crippen molar-refractivity contribution in [3.8, 4) is 28.6 Å². The van der Waals surface area contributed by atoms with Gasteiger partial charge in [0.2, 0.25) is 0 Å². The number of hydrogen-bond donors (Lipinski definition) is 1. The van der Waals surface area contributed by atoms with Crippen molar-refractivity contribution in [2.75, 3.05) is 12.9 Å². The van der Waals surface area contributed by atoms with Crippen LogP contribution in [-0.2, 0) is 11.4 Å². The Labute approximate surface area is 253 Å². The van der Waals surface area contributed by atoms with E-state index >= 15 is 0 Å². The van der Waals surface area contributed by atoms with Gasteiger partial charge < -0.3 is 9.47 Å². The number of ether oxygens (including phenoxy) is 2. The Hall–Kier alpha value is -4.60. The van der Waals surface area contributed by atoms with Crippen molar-refractivity contribution in [1.29, 1.82) is 0 Å². The van der Waals surface area contributed by atoms with Crippen LogP contribution in [0.3, 0.4) is 0 Å². The molecule has 0 bridgehead atoms. The van der Waals surface area contributed by atoms with Crippen LogP contribution in [0.25, 0.3) is 17.1 Å². The third-order valence-corrected chi connectivity index (χ3v) is 7.37. The van der Waals surface area contributed by atoms with Gasteiger partial charge in [0.1, 0.15) is 6.61 Å². The summed E-state index contributed by atoms with van der Waals surface area (Å²) in [5.41, 5.74) is 7.27. The predicted octanol–water partition coefficient (Wildman–Crippen LogP) is 6.73. The summed E-state index contributed by atoms with van der Waals surface area (Å²) in [6.45, 7) is 2.46. The zero-order valence-corrected chi connectivity index (χ0v) is 24.6. The van der Waals surface area contributed by atoms with Gasteiger partial charge in [-0.3, -0.25) is 9.36 Å². The third-order valence-electron chi connectivity index (χ3n) is 6.19. The molecule has 0 unspecified atom stereocenters. The van der Waals surface area contributed by atoms with Crippen molar-refractivity contribution < 1.29 is 14.3 Å². The molecule has 1 aromatic heterocycles. The average Bonchev–Trinajstić information content (AvgIpc) is 3.44. The molecule has 0 aliphatic carbocycles. The Balaban J connectivity index is 1.23. The highest BCUT2D eigenvalue weighted by atomic mass is 35.5. The number of halogens is 1. The second kappa shape index (κ2) is 13.8. The van der Waals surface area contributed by atoms with Gasteiger partial charge in [0.25, 0.3) is 5.91 Å². The van der Waals surface area contributed by atoms with E-state index in [0.29, 0.717) is 34.1 Å². The van der Waals surface area contributed by atoms with Crippen LogP contribution >= 0.6 is 23.4 Å². The van der Waals surface area contributed by atoms with E-state index in [1.54, 1.807) is 19.4 Å². The maximum absolute atomic E-state index is 12.6. The zero-order chi connectivity index (χ0) is 29.3. The number of aryl methyl sites for hydroxylation is 1. The SMILES string of the molecule is COc1cc(/C=N/NC(=O)CSc2nnc(-c3ccc(Cl)cc3)n2-c2ccc(C)cc2)ccc1OCc1ccccc1. The first kappa shape index (κ1) is 28.9. The van der Waals surface area contributed by atoms with Gasteiger partial charge in [-0.05, 0) is 72.6 Å². The molecule has 212 valence electrons. The van der Waals surface area contributed by atoms with E-state index in [9.17, 15) is 4.79 Å². The number of rotatable bonds is 11. The van der Waals surface area contributed by atoms with Gasteiger partial charge >= 0.3 is 0 Å². The van der Waals surface area contributed by atoms with Crippen LogP contribution in [0.5, 0.6) is 11.5 Å². The number of nitrogens with one attached hydrogen (secondary N) is 1. The number of aromatic nitrogens is 3. The molecule has 1 heterocycles. The summed E-state index contributed by atoms with van der Waals surface area (Å²) in [6, 6.07) is 30.8. The number of carbonyl (C=O) groups excluding carboxylic acids is 1. The highest BCUT2D eigenvalue weighted by Crippen LogP contribution is 2.30. The molecule has 8 nitrogen and oxygen atoms in total. The average molecular weight is 598 g/mol. The molecule has 10 heteroatoms. The molecule has 1 amide bonds. The summed E-state index contributed by atoms with van der Waals surface area (Å²) in [5.74, 6) is 1.66. The molecule has 0 radical (unpaired) electrons. The van der Waals surface area contributed by atoms with Gasteiger partial charge in [0.05, 0.1) is 19.1 Å². The Kier molecular flexibility index (Phi) is 9.53. The quantitative estimate of drug-likeness (QED) is 0.103. The Morgan fingerprint density at radius 1 is 0.976 bits per heavy atom. The maximum Gasteiger partial charge on any atom is 0.250 e.